The van der Waals surface area contributed by atoms with Crippen molar-refractivity contribution in [2.45, 2.75) is 38.5 Å². The number of benzene rings is 2. The third-order valence-corrected chi connectivity index (χ3v) is 6.09. The molecule has 0 radical (unpaired) electrons. The second-order valence-electron chi connectivity index (χ2n) is 8.52. The van der Waals surface area contributed by atoms with E-state index >= 15 is 0 Å². The fourth-order valence-electron chi connectivity index (χ4n) is 4.35. The molecule has 0 saturated heterocycles. The minimum absolute atomic E-state index is 0.180. The van der Waals surface area contributed by atoms with Crippen LogP contribution in [0.25, 0.3) is 10.9 Å². The van der Waals surface area contributed by atoms with Crippen molar-refractivity contribution in [2.24, 2.45) is 5.92 Å². The molecule has 3 heteroatoms. The highest BCUT2D eigenvalue weighted by molar-refractivity contribution is 5.84. The lowest BCUT2D eigenvalue weighted by molar-refractivity contribution is -0.143. The lowest BCUT2D eigenvalue weighted by atomic mass is 9.81. The predicted molar refractivity (Wildman–Crippen MR) is 126 cm³/mol. The van der Waals surface area contributed by atoms with Crippen LogP contribution in [0.3, 0.4) is 0 Å². The van der Waals surface area contributed by atoms with Crippen molar-refractivity contribution in [3.8, 4) is 0 Å². The van der Waals surface area contributed by atoms with Gasteiger partial charge in [-0.1, -0.05) is 74.5 Å². The Labute approximate surface area is 184 Å². The van der Waals surface area contributed by atoms with Crippen LogP contribution in [0.1, 0.15) is 48.8 Å². The van der Waals surface area contributed by atoms with E-state index in [0.29, 0.717) is 12.3 Å². The smallest absolute Gasteiger partial charge is 0.313 e. The van der Waals surface area contributed by atoms with Crippen molar-refractivity contribution < 1.29 is 9.53 Å². The molecular formula is C28H29NO2. The summed E-state index contributed by atoms with van der Waals surface area (Å²) in [4.78, 5) is 17.4. The molecule has 0 bridgehead atoms. The molecule has 158 valence electrons. The van der Waals surface area contributed by atoms with Gasteiger partial charge in [0.15, 0.2) is 0 Å². The Balaban J connectivity index is 1.75. The molecule has 0 saturated carbocycles. The van der Waals surface area contributed by atoms with Gasteiger partial charge in [-0.2, -0.15) is 0 Å². The first-order valence-corrected chi connectivity index (χ1v) is 11.0. The molecule has 0 fully saturated rings. The summed E-state index contributed by atoms with van der Waals surface area (Å²) in [5, 5.41) is 1.17. The van der Waals surface area contributed by atoms with E-state index in [-0.39, 0.29) is 17.8 Å². The topological polar surface area (TPSA) is 39.2 Å². The molecule has 4 rings (SSSR count). The normalized spacial score (nSPS) is 16.9. The van der Waals surface area contributed by atoms with Gasteiger partial charge >= 0.3 is 5.97 Å². The molecule has 2 unspecified atom stereocenters. The third kappa shape index (κ3) is 4.61. The summed E-state index contributed by atoms with van der Waals surface area (Å²) >= 11 is 0. The van der Waals surface area contributed by atoms with Gasteiger partial charge in [0.25, 0.3) is 0 Å². The molecule has 3 aromatic rings. The Morgan fingerprint density at radius 2 is 1.94 bits per heavy atom. The SMILES string of the molecule is COC(=O)C(Cc1ccccc1)C1=CC(c2cc(C(C)C)cc3cccnc23)CC=C1. The van der Waals surface area contributed by atoms with Crippen LogP contribution >= 0.6 is 0 Å². The average Bonchev–Trinajstić information content (AvgIpc) is 2.82. The molecule has 31 heavy (non-hydrogen) atoms. The highest BCUT2D eigenvalue weighted by Gasteiger charge is 2.26. The highest BCUT2D eigenvalue weighted by atomic mass is 16.5. The van der Waals surface area contributed by atoms with Crippen molar-refractivity contribution in [1.82, 2.24) is 4.98 Å². The van der Waals surface area contributed by atoms with Crippen LogP contribution in [0.5, 0.6) is 0 Å². The van der Waals surface area contributed by atoms with E-state index in [1.807, 2.05) is 30.5 Å². The molecule has 0 amide bonds. The molecular weight excluding hydrogens is 382 g/mol. The average molecular weight is 412 g/mol. The number of hydrogen-bond donors (Lipinski definition) is 0. The zero-order chi connectivity index (χ0) is 21.8. The second kappa shape index (κ2) is 9.30. The van der Waals surface area contributed by atoms with Crippen LogP contribution in [-0.4, -0.2) is 18.1 Å². The van der Waals surface area contributed by atoms with Crippen molar-refractivity contribution in [3.63, 3.8) is 0 Å². The number of nitrogens with zero attached hydrogens (tertiary/aromatic N) is 1. The Bertz CT molecular complexity index is 1130. The largest absolute Gasteiger partial charge is 0.469 e. The maximum absolute atomic E-state index is 12.7. The molecule has 1 aromatic heterocycles. The highest BCUT2D eigenvalue weighted by Crippen LogP contribution is 2.36. The van der Waals surface area contributed by atoms with Crippen LogP contribution in [0.15, 0.2) is 84.6 Å². The van der Waals surface area contributed by atoms with Crippen LogP contribution < -0.4 is 0 Å². The first-order chi connectivity index (χ1) is 15.1. The maximum atomic E-state index is 12.7. The number of rotatable bonds is 6. The van der Waals surface area contributed by atoms with E-state index in [0.717, 1.165) is 23.1 Å². The number of fused-ring (bicyclic) bond motifs is 1. The van der Waals surface area contributed by atoms with Crippen molar-refractivity contribution in [1.29, 1.82) is 0 Å². The summed E-state index contributed by atoms with van der Waals surface area (Å²) in [5.41, 5.74) is 5.73. The first kappa shape index (κ1) is 21.0. The van der Waals surface area contributed by atoms with Crippen LogP contribution in [0.2, 0.25) is 0 Å². The van der Waals surface area contributed by atoms with Crippen molar-refractivity contribution >= 4 is 16.9 Å². The van der Waals surface area contributed by atoms with Crippen LogP contribution in [-0.2, 0) is 16.0 Å². The number of aromatic nitrogens is 1. The van der Waals surface area contributed by atoms with Crippen LogP contribution in [0.4, 0.5) is 0 Å². The fourth-order valence-corrected chi connectivity index (χ4v) is 4.35. The number of carbonyl (C=O) groups is 1. The monoisotopic (exact) mass is 411 g/mol. The van der Waals surface area contributed by atoms with E-state index in [1.54, 1.807) is 0 Å². The van der Waals surface area contributed by atoms with Gasteiger partial charge in [-0.3, -0.25) is 9.78 Å². The molecule has 1 aliphatic rings. The Kier molecular flexibility index (Phi) is 6.31. The van der Waals surface area contributed by atoms with E-state index in [9.17, 15) is 4.79 Å². The third-order valence-electron chi connectivity index (χ3n) is 6.09. The first-order valence-electron chi connectivity index (χ1n) is 11.0. The maximum Gasteiger partial charge on any atom is 0.313 e. The second-order valence-corrected chi connectivity index (χ2v) is 8.52. The predicted octanol–water partition coefficient (Wildman–Crippen LogP) is 6.36. The number of ether oxygens (including phenoxy) is 1. The number of methoxy groups -OCH3 is 1. The summed E-state index contributed by atoms with van der Waals surface area (Å²) in [5.74, 6) is 0.101. The lowest BCUT2D eigenvalue weighted by Gasteiger charge is -2.24. The zero-order valence-corrected chi connectivity index (χ0v) is 18.4. The summed E-state index contributed by atoms with van der Waals surface area (Å²) in [7, 11) is 1.47. The Morgan fingerprint density at radius 1 is 1.13 bits per heavy atom. The van der Waals surface area contributed by atoms with Gasteiger partial charge in [0, 0.05) is 17.5 Å². The molecule has 2 aromatic carbocycles. The summed E-state index contributed by atoms with van der Waals surface area (Å²) < 4.78 is 5.17. The minimum atomic E-state index is -0.320. The number of pyridine rings is 1. The molecule has 0 N–H and O–H groups in total. The van der Waals surface area contributed by atoms with E-state index in [2.05, 4.69) is 62.4 Å². The summed E-state index contributed by atoms with van der Waals surface area (Å²) in [6.45, 7) is 4.44. The Hall–Kier alpha value is -3.20. The Morgan fingerprint density at radius 3 is 2.68 bits per heavy atom. The van der Waals surface area contributed by atoms with Gasteiger partial charge in [0.2, 0.25) is 0 Å². The summed E-state index contributed by atoms with van der Waals surface area (Å²) in [6, 6.07) is 18.8. The van der Waals surface area contributed by atoms with E-state index in [4.69, 9.17) is 9.72 Å². The number of allylic oxidation sites excluding steroid dienone is 3. The minimum Gasteiger partial charge on any atom is -0.469 e. The van der Waals surface area contributed by atoms with Crippen LogP contribution in [0, 0.1) is 5.92 Å². The number of esters is 1. The zero-order valence-electron chi connectivity index (χ0n) is 18.4. The van der Waals surface area contributed by atoms with Crippen molar-refractivity contribution in [2.75, 3.05) is 7.11 Å². The fraction of sp³-hybridized carbons (Fsp3) is 0.286. The van der Waals surface area contributed by atoms with Crippen molar-refractivity contribution in [3.05, 3.63) is 101 Å². The molecule has 2 atom stereocenters. The van der Waals surface area contributed by atoms with Gasteiger partial charge in [0.05, 0.1) is 18.5 Å². The molecule has 1 heterocycles. The quantitative estimate of drug-likeness (QED) is 0.443. The molecule has 1 aliphatic carbocycles. The van der Waals surface area contributed by atoms with Gasteiger partial charge in [0.1, 0.15) is 0 Å². The molecule has 0 aliphatic heterocycles. The van der Waals surface area contributed by atoms with Gasteiger partial charge in [-0.05, 0) is 53.2 Å². The van der Waals surface area contributed by atoms with E-state index < -0.39 is 0 Å². The van der Waals surface area contributed by atoms with Gasteiger partial charge < -0.3 is 4.74 Å². The van der Waals surface area contributed by atoms with Gasteiger partial charge in [-0.15, -0.1) is 0 Å². The number of hydrogen-bond acceptors (Lipinski definition) is 3. The standard InChI is InChI=1S/C28H29NO2/c1-19(2)24-17-23-13-8-14-29-27(23)25(18-24)21-11-7-12-22(16-21)26(28(30)31-3)15-20-9-5-4-6-10-20/h4-10,12-14,16-19,21,26H,11,15H2,1-3H3. The summed E-state index contributed by atoms with van der Waals surface area (Å²) in [6.07, 6.45) is 9.90. The van der Waals surface area contributed by atoms with E-state index in [1.165, 1.54) is 23.6 Å². The molecule has 0 spiro atoms. The molecule has 3 nitrogen and oxygen atoms in total. The number of carbonyl (C=O) groups excluding carboxylic acids is 1. The van der Waals surface area contributed by atoms with Gasteiger partial charge in [-0.25, -0.2) is 0 Å². The lowest BCUT2D eigenvalue weighted by Crippen LogP contribution is -2.22.